The number of hydrogen-bond donors (Lipinski definition) is 0. The molecule has 1 fully saturated rings. The molecule has 0 bridgehead atoms. The summed E-state index contributed by atoms with van der Waals surface area (Å²) in [5, 5.41) is 0. The van der Waals surface area contributed by atoms with Crippen molar-refractivity contribution < 1.29 is 4.79 Å². The molecular formula is C10H16O. The molecule has 0 spiro atoms. The Labute approximate surface area is 69.2 Å². The van der Waals surface area contributed by atoms with Crippen LogP contribution in [-0.2, 0) is 4.79 Å². The highest BCUT2D eigenvalue weighted by molar-refractivity contribution is 5.49. The second-order valence-electron chi connectivity index (χ2n) is 2.91. The zero-order valence-electron chi connectivity index (χ0n) is 6.96. The highest BCUT2D eigenvalue weighted by atomic mass is 16.1. The normalized spacial score (nSPS) is 18.0. The van der Waals surface area contributed by atoms with Gasteiger partial charge in [-0.25, -0.2) is 0 Å². The predicted octanol–water partition coefficient (Wildman–Crippen LogP) is 2.41. The van der Waals surface area contributed by atoms with Gasteiger partial charge in [-0.1, -0.05) is 32.1 Å². The van der Waals surface area contributed by atoms with Crippen LogP contribution in [-0.4, -0.2) is 6.29 Å². The third kappa shape index (κ3) is 4.61. The largest absolute Gasteiger partial charge is 0.303 e. The van der Waals surface area contributed by atoms with Crippen LogP contribution in [0, 0.1) is 18.8 Å². The minimum Gasteiger partial charge on any atom is -0.303 e. The summed E-state index contributed by atoms with van der Waals surface area (Å²) < 4.78 is 0. The first-order valence-electron chi connectivity index (χ1n) is 4.20. The Kier molecular flexibility index (Phi) is 6.82. The molecule has 1 nitrogen and oxygen atoms in total. The van der Waals surface area contributed by atoms with E-state index in [1.807, 2.05) is 0 Å². The van der Waals surface area contributed by atoms with E-state index in [1.54, 1.807) is 0 Å². The molecule has 0 unspecified atom stereocenters. The summed E-state index contributed by atoms with van der Waals surface area (Å²) >= 11 is 0. The standard InChI is InChI=1S/C8H14O.C2H2/c9-7-6-8-4-2-1-3-5-8;1-2/h7-8H,1-6H2;1-2H. The van der Waals surface area contributed by atoms with E-state index in [2.05, 4.69) is 12.8 Å². The molecule has 0 saturated heterocycles. The summed E-state index contributed by atoms with van der Waals surface area (Å²) in [6.07, 6.45) is 16.5. The number of aldehydes is 1. The quantitative estimate of drug-likeness (QED) is 0.438. The van der Waals surface area contributed by atoms with Crippen LogP contribution in [0.1, 0.15) is 38.5 Å². The molecule has 1 saturated carbocycles. The molecule has 0 amide bonds. The molecular weight excluding hydrogens is 136 g/mol. The first-order chi connectivity index (χ1) is 5.43. The van der Waals surface area contributed by atoms with E-state index in [9.17, 15) is 4.79 Å². The Hall–Kier alpha value is -0.770. The lowest BCUT2D eigenvalue weighted by Gasteiger charge is -2.18. The van der Waals surface area contributed by atoms with Crippen LogP contribution in [0.4, 0.5) is 0 Å². The zero-order chi connectivity index (χ0) is 8.53. The van der Waals surface area contributed by atoms with E-state index in [0.29, 0.717) is 0 Å². The fourth-order valence-corrected chi connectivity index (χ4v) is 1.56. The molecule has 1 aliphatic rings. The van der Waals surface area contributed by atoms with E-state index in [4.69, 9.17) is 0 Å². The molecule has 0 heterocycles. The first-order valence-corrected chi connectivity index (χ1v) is 4.20. The molecule has 0 atom stereocenters. The Bertz CT molecular complexity index is 109. The third-order valence-corrected chi connectivity index (χ3v) is 2.15. The average Bonchev–Trinajstić information content (AvgIpc) is 2.11. The van der Waals surface area contributed by atoms with E-state index in [1.165, 1.54) is 32.1 Å². The molecule has 0 aromatic heterocycles. The van der Waals surface area contributed by atoms with Crippen molar-refractivity contribution in [2.75, 3.05) is 0 Å². The maximum Gasteiger partial charge on any atom is 0.120 e. The number of hydrogen-bond acceptors (Lipinski definition) is 1. The molecule has 0 radical (unpaired) electrons. The summed E-state index contributed by atoms with van der Waals surface area (Å²) in [7, 11) is 0. The van der Waals surface area contributed by atoms with Crippen molar-refractivity contribution in [1.29, 1.82) is 0 Å². The smallest absolute Gasteiger partial charge is 0.120 e. The van der Waals surface area contributed by atoms with E-state index >= 15 is 0 Å². The van der Waals surface area contributed by atoms with Gasteiger partial charge in [-0.15, -0.1) is 12.8 Å². The van der Waals surface area contributed by atoms with Crippen LogP contribution in [0.5, 0.6) is 0 Å². The molecule has 0 aromatic carbocycles. The second kappa shape index (κ2) is 7.34. The summed E-state index contributed by atoms with van der Waals surface area (Å²) in [4.78, 5) is 10.1. The first kappa shape index (κ1) is 10.2. The van der Waals surface area contributed by atoms with E-state index in [0.717, 1.165) is 18.6 Å². The Morgan fingerprint density at radius 1 is 1.18 bits per heavy atom. The van der Waals surface area contributed by atoms with Gasteiger partial charge in [0.05, 0.1) is 0 Å². The minimum absolute atomic E-state index is 0.733. The lowest BCUT2D eigenvalue weighted by Crippen LogP contribution is -2.05. The lowest BCUT2D eigenvalue weighted by atomic mass is 9.87. The fourth-order valence-electron chi connectivity index (χ4n) is 1.56. The highest BCUT2D eigenvalue weighted by Gasteiger charge is 2.11. The van der Waals surface area contributed by atoms with Crippen molar-refractivity contribution in [3.05, 3.63) is 0 Å². The summed E-state index contributed by atoms with van der Waals surface area (Å²) in [5.74, 6) is 0.733. The van der Waals surface area contributed by atoms with Gasteiger partial charge in [-0.2, -0.15) is 0 Å². The number of rotatable bonds is 2. The molecule has 1 rings (SSSR count). The highest BCUT2D eigenvalue weighted by Crippen LogP contribution is 2.24. The average molecular weight is 152 g/mol. The van der Waals surface area contributed by atoms with Gasteiger partial charge < -0.3 is 4.79 Å². The maximum absolute atomic E-state index is 10.1. The van der Waals surface area contributed by atoms with Crippen molar-refractivity contribution in [2.24, 2.45) is 5.92 Å². The van der Waals surface area contributed by atoms with E-state index in [-0.39, 0.29) is 0 Å². The Morgan fingerprint density at radius 2 is 1.73 bits per heavy atom. The lowest BCUT2D eigenvalue weighted by molar-refractivity contribution is -0.108. The van der Waals surface area contributed by atoms with Gasteiger partial charge in [0.1, 0.15) is 6.29 Å². The molecule has 0 aromatic rings. The molecule has 0 aliphatic heterocycles. The van der Waals surface area contributed by atoms with Gasteiger partial charge in [0.15, 0.2) is 0 Å². The fraction of sp³-hybridized carbons (Fsp3) is 0.700. The van der Waals surface area contributed by atoms with Crippen molar-refractivity contribution in [3.63, 3.8) is 0 Å². The number of carbonyl (C=O) groups is 1. The monoisotopic (exact) mass is 152 g/mol. The van der Waals surface area contributed by atoms with Gasteiger partial charge in [0.2, 0.25) is 0 Å². The third-order valence-electron chi connectivity index (χ3n) is 2.15. The van der Waals surface area contributed by atoms with Crippen LogP contribution in [0.15, 0.2) is 0 Å². The minimum atomic E-state index is 0.733. The number of carbonyl (C=O) groups excluding carboxylic acids is 1. The topological polar surface area (TPSA) is 17.1 Å². The molecule has 11 heavy (non-hydrogen) atoms. The summed E-state index contributed by atoms with van der Waals surface area (Å²) in [5.41, 5.74) is 0. The van der Waals surface area contributed by atoms with Crippen LogP contribution in [0.2, 0.25) is 0 Å². The van der Waals surface area contributed by atoms with Crippen molar-refractivity contribution in [3.8, 4) is 12.8 Å². The van der Waals surface area contributed by atoms with Crippen LogP contribution in [0.3, 0.4) is 0 Å². The second-order valence-corrected chi connectivity index (χ2v) is 2.91. The Morgan fingerprint density at radius 3 is 2.18 bits per heavy atom. The SMILES string of the molecule is C#C.O=CCC1CCCCC1. The van der Waals surface area contributed by atoms with Crippen molar-refractivity contribution in [1.82, 2.24) is 0 Å². The van der Waals surface area contributed by atoms with Gasteiger partial charge in [-0.3, -0.25) is 0 Å². The van der Waals surface area contributed by atoms with Gasteiger partial charge in [0.25, 0.3) is 0 Å². The van der Waals surface area contributed by atoms with Crippen molar-refractivity contribution >= 4 is 6.29 Å². The number of terminal acetylenes is 1. The summed E-state index contributed by atoms with van der Waals surface area (Å²) in [6, 6.07) is 0. The molecule has 62 valence electrons. The van der Waals surface area contributed by atoms with Crippen molar-refractivity contribution in [2.45, 2.75) is 38.5 Å². The predicted molar refractivity (Wildman–Crippen MR) is 47.1 cm³/mol. The zero-order valence-corrected chi connectivity index (χ0v) is 6.96. The van der Waals surface area contributed by atoms with Gasteiger partial charge in [0, 0.05) is 6.42 Å². The Balaban J connectivity index is 0.000000461. The summed E-state index contributed by atoms with van der Waals surface area (Å²) in [6.45, 7) is 0. The van der Waals surface area contributed by atoms with Crippen LogP contribution < -0.4 is 0 Å². The van der Waals surface area contributed by atoms with Gasteiger partial charge >= 0.3 is 0 Å². The molecule has 1 heteroatoms. The van der Waals surface area contributed by atoms with Crippen LogP contribution in [0.25, 0.3) is 0 Å². The van der Waals surface area contributed by atoms with Gasteiger partial charge in [-0.05, 0) is 5.92 Å². The maximum atomic E-state index is 10.1. The van der Waals surface area contributed by atoms with Crippen LogP contribution >= 0.6 is 0 Å². The molecule has 1 aliphatic carbocycles. The van der Waals surface area contributed by atoms with E-state index < -0.39 is 0 Å². The molecule has 0 N–H and O–H groups in total.